The Morgan fingerprint density at radius 3 is 2.95 bits per heavy atom. The minimum absolute atomic E-state index is 0.0831. The largest absolute Gasteiger partial charge is 0.481 e. The Labute approximate surface area is 110 Å². The summed E-state index contributed by atoms with van der Waals surface area (Å²) in [6.07, 6.45) is 1.41. The van der Waals surface area contributed by atoms with E-state index in [1.165, 1.54) is 0 Å². The summed E-state index contributed by atoms with van der Waals surface area (Å²) in [5.74, 6) is -1.08. The number of hydrogen-bond acceptors (Lipinski definition) is 4. The maximum absolute atomic E-state index is 11.5. The zero-order chi connectivity index (χ0) is 13.7. The summed E-state index contributed by atoms with van der Waals surface area (Å²) in [5.41, 5.74) is 4.47. The van der Waals surface area contributed by atoms with Crippen LogP contribution in [0.5, 0.6) is 0 Å². The number of nitrogens with one attached hydrogen (secondary N) is 2. The smallest absolute Gasteiger partial charge is 0.307 e. The van der Waals surface area contributed by atoms with Gasteiger partial charge in [-0.3, -0.25) is 15.0 Å². The second kappa shape index (κ2) is 5.99. The van der Waals surface area contributed by atoms with Crippen LogP contribution in [-0.4, -0.2) is 29.2 Å². The van der Waals surface area contributed by atoms with Crippen LogP contribution in [0.4, 0.5) is 5.69 Å². The molecule has 1 aliphatic rings. The van der Waals surface area contributed by atoms with Gasteiger partial charge in [0.05, 0.1) is 12.1 Å². The minimum Gasteiger partial charge on any atom is -0.481 e. The number of benzene rings is 1. The lowest BCUT2D eigenvalue weighted by molar-refractivity contribution is -0.136. The van der Waals surface area contributed by atoms with E-state index in [1.807, 2.05) is 0 Å². The van der Waals surface area contributed by atoms with E-state index in [9.17, 15) is 9.59 Å². The third-order valence-corrected chi connectivity index (χ3v) is 2.81. The van der Waals surface area contributed by atoms with Crippen LogP contribution in [0.25, 0.3) is 0 Å². The molecule has 0 unspecified atom stereocenters. The van der Waals surface area contributed by atoms with Gasteiger partial charge in [0.1, 0.15) is 5.71 Å². The van der Waals surface area contributed by atoms with Crippen LogP contribution in [0.15, 0.2) is 29.4 Å². The van der Waals surface area contributed by atoms with Crippen LogP contribution in [0, 0.1) is 0 Å². The molecule has 0 bridgehead atoms. The van der Waals surface area contributed by atoms with Crippen LogP contribution in [-0.2, 0) is 16.0 Å². The molecule has 6 nitrogen and oxygen atoms in total. The number of piperidine rings is 1. The number of aliphatic carboxylic acids is 1. The van der Waals surface area contributed by atoms with Gasteiger partial charge in [-0.05, 0) is 24.5 Å². The standard InChI is InChI=1S/C13H15N3O3/c17-12(18)8-9-4-1-2-5-10(9)15-16-11-6-3-7-14-13(11)19/h1-2,4-5,15H,3,6-8H2,(H,14,19)(H,17,18)/b16-11-. The summed E-state index contributed by atoms with van der Waals surface area (Å²) in [7, 11) is 0. The van der Waals surface area contributed by atoms with Crippen molar-refractivity contribution in [2.45, 2.75) is 19.3 Å². The maximum Gasteiger partial charge on any atom is 0.307 e. The van der Waals surface area contributed by atoms with Crippen LogP contribution >= 0.6 is 0 Å². The van der Waals surface area contributed by atoms with Crippen molar-refractivity contribution in [3.8, 4) is 0 Å². The summed E-state index contributed by atoms with van der Waals surface area (Å²) in [6, 6.07) is 7.01. The van der Waals surface area contributed by atoms with Gasteiger partial charge in [0.25, 0.3) is 5.91 Å². The van der Waals surface area contributed by atoms with Crippen molar-refractivity contribution in [1.29, 1.82) is 0 Å². The summed E-state index contributed by atoms with van der Waals surface area (Å²) < 4.78 is 0. The lowest BCUT2D eigenvalue weighted by Gasteiger charge is -2.14. The van der Waals surface area contributed by atoms with Crippen molar-refractivity contribution in [3.05, 3.63) is 29.8 Å². The quantitative estimate of drug-likeness (QED) is 0.705. The minimum atomic E-state index is -0.905. The van der Waals surface area contributed by atoms with Gasteiger partial charge < -0.3 is 10.4 Å². The fourth-order valence-corrected chi connectivity index (χ4v) is 1.85. The highest BCUT2D eigenvalue weighted by Crippen LogP contribution is 2.16. The highest BCUT2D eigenvalue weighted by atomic mass is 16.4. The average molecular weight is 261 g/mol. The van der Waals surface area contributed by atoms with E-state index in [0.29, 0.717) is 29.9 Å². The molecule has 0 spiro atoms. The molecule has 6 heteroatoms. The van der Waals surface area contributed by atoms with Crippen LogP contribution < -0.4 is 10.7 Å². The SMILES string of the molecule is O=C(O)Cc1ccccc1N/N=C1/CCCNC1=O. The van der Waals surface area contributed by atoms with Gasteiger partial charge in [-0.1, -0.05) is 18.2 Å². The Kier molecular flexibility index (Phi) is 4.12. The molecule has 1 aliphatic heterocycles. The number of rotatable bonds is 4. The summed E-state index contributed by atoms with van der Waals surface area (Å²) in [6.45, 7) is 0.674. The number of hydrogen-bond donors (Lipinski definition) is 3. The number of carboxylic acid groups (broad SMARTS) is 1. The van der Waals surface area contributed by atoms with E-state index in [-0.39, 0.29) is 12.3 Å². The Morgan fingerprint density at radius 2 is 2.21 bits per heavy atom. The number of carbonyl (C=O) groups is 2. The van der Waals surface area contributed by atoms with E-state index in [4.69, 9.17) is 5.11 Å². The van der Waals surface area contributed by atoms with Crippen LogP contribution in [0.3, 0.4) is 0 Å². The molecule has 0 radical (unpaired) electrons. The number of para-hydroxylation sites is 1. The lowest BCUT2D eigenvalue weighted by atomic mass is 10.1. The van der Waals surface area contributed by atoms with Gasteiger partial charge in [0, 0.05) is 6.54 Å². The topological polar surface area (TPSA) is 90.8 Å². The molecule has 3 N–H and O–H groups in total. The zero-order valence-corrected chi connectivity index (χ0v) is 10.3. The lowest BCUT2D eigenvalue weighted by Crippen LogP contribution is -2.37. The molecule has 1 amide bonds. The van der Waals surface area contributed by atoms with Crippen molar-refractivity contribution < 1.29 is 14.7 Å². The van der Waals surface area contributed by atoms with E-state index in [1.54, 1.807) is 24.3 Å². The predicted octanol–water partition coefficient (Wildman–Crippen LogP) is 0.992. The average Bonchev–Trinajstić information content (AvgIpc) is 2.39. The summed E-state index contributed by atoms with van der Waals surface area (Å²) in [4.78, 5) is 22.3. The van der Waals surface area contributed by atoms with Crippen molar-refractivity contribution in [1.82, 2.24) is 5.32 Å². The second-order valence-electron chi connectivity index (χ2n) is 4.26. The fraction of sp³-hybridized carbons (Fsp3) is 0.308. The zero-order valence-electron chi connectivity index (χ0n) is 10.3. The van der Waals surface area contributed by atoms with E-state index < -0.39 is 5.97 Å². The van der Waals surface area contributed by atoms with Crippen molar-refractivity contribution >= 4 is 23.3 Å². The molecule has 1 fully saturated rings. The Bertz CT molecular complexity index is 526. The predicted molar refractivity (Wildman–Crippen MR) is 71.1 cm³/mol. The van der Waals surface area contributed by atoms with Gasteiger partial charge in [0.15, 0.2) is 0 Å². The first-order valence-electron chi connectivity index (χ1n) is 6.07. The third kappa shape index (κ3) is 3.54. The van der Waals surface area contributed by atoms with E-state index in [2.05, 4.69) is 15.8 Å². The van der Waals surface area contributed by atoms with E-state index >= 15 is 0 Å². The molecular formula is C13H15N3O3. The number of amides is 1. The first kappa shape index (κ1) is 13.1. The Hall–Kier alpha value is -2.37. The summed E-state index contributed by atoms with van der Waals surface area (Å²) in [5, 5.41) is 15.6. The molecule has 100 valence electrons. The number of anilines is 1. The molecule has 0 aliphatic carbocycles. The highest BCUT2D eigenvalue weighted by molar-refractivity contribution is 6.39. The van der Waals surface area contributed by atoms with E-state index in [0.717, 1.165) is 6.42 Å². The second-order valence-corrected chi connectivity index (χ2v) is 4.26. The molecule has 2 rings (SSSR count). The number of hydrazone groups is 1. The van der Waals surface area contributed by atoms with Gasteiger partial charge in [0.2, 0.25) is 0 Å². The third-order valence-electron chi connectivity index (χ3n) is 2.81. The van der Waals surface area contributed by atoms with Gasteiger partial charge in [-0.2, -0.15) is 5.10 Å². The maximum atomic E-state index is 11.5. The molecule has 0 atom stereocenters. The van der Waals surface area contributed by atoms with Crippen molar-refractivity contribution in [3.63, 3.8) is 0 Å². The molecule has 19 heavy (non-hydrogen) atoms. The van der Waals surface area contributed by atoms with Gasteiger partial charge in [-0.15, -0.1) is 0 Å². The van der Waals surface area contributed by atoms with Crippen LogP contribution in [0.1, 0.15) is 18.4 Å². The van der Waals surface area contributed by atoms with Crippen molar-refractivity contribution in [2.75, 3.05) is 12.0 Å². The fourth-order valence-electron chi connectivity index (χ4n) is 1.85. The van der Waals surface area contributed by atoms with Crippen molar-refractivity contribution in [2.24, 2.45) is 5.10 Å². The number of nitrogens with zero attached hydrogens (tertiary/aromatic N) is 1. The molecule has 0 saturated carbocycles. The number of carbonyl (C=O) groups excluding carboxylic acids is 1. The van der Waals surface area contributed by atoms with Crippen LogP contribution in [0.2, 0.25) is 0 Å². The van der Waals surface area contributed by atoms with Gasteiger partial charge in [-0.25, -0.2) is 0 Å². The molecule has 1 aromatic carbocycles. The highest BCUT2D eigenvalue weighted by Gasteiger charge is 2.16. The molecule has 1 heterocycles. The monoisotopic (exact) mass is 261 g/mol. The Balaban J connectivity index is 2.12. The first-order valence-corrected chi connectivity index (χ1v) is 6.07. The molecule has 1 saturated heterocycles. The Morgan fingerprint density at radius 1 is 1.42 bits per heavy atom. The normalized spacial score (nSPS) is 17.1. The molecular weight excluding hydrogens is 246 g/mol. The molecule has 1 aromatic rings. The summed E-state index contributed by atoms with van der Waals surface area (Å²) >= 11 is 0. The van der Waals surface area contributed by atoms with Gasteiger partial charge >= 0.3 is 5.97 Å². The number of carboxylic acids is 1. The first-order chi connectivity index (χ1) is 9.16. The molecule has 0 aromatic heterocycles.